The Kier molecular flexibility index (Phi) is 3.49. The molecule has 2 heterocycles. The zero-order chi connectivity index (χ0) is 14.1. The smallest absolute Gasteiger partial charge is 0.196 e. The number of anilines is 1. The normalized spacial score (nSPS) is 18.4. The first kappa shape index (κ1) is 13.2. The summed E-state index contributed by atoms with van der Waals surface area (Å²) in [6.07, 6.45) is 1.08. The van der Waals surface area contributed by atoms with Crippen LogP contribution in [0.3, 0.4) is 0 Å². The monoisotopic (exact) mass is 285 g/mol. The van der Waals surface area contributed by atoms with Crippen molar-refractivity contribution >= 4 is 23.0 Å². The summed E-state index contributed by atoms with van der Waals surface area (Å²) in [5.74, 6) is 0.621. The van der Waals surface area contributed by atoms with Crippen molar-refractivity contribution in [3.8, 4) is 0 Å². The first-order valence-electron chi connectivity index (χ1n) is 6.94. The molecule has 3 rings (SSSR count). The van der Waals surface area contributed by atoms with Gasteiger partial charge >= 0.3 is 0 Å². The van der Waals surface area contributed by atoms with Gasteiger partial charge in [0.2, 0.25) is 0 Å². The summed E-state index contributed by atoms with van der Waals surface area (Å²) in [6, 6.07) is 13.0. The van der Waals surface area contributed by atoms with E-state index in [1.165, 1.54) is 15.3 Å². The second-order valence-corrected chi connectivity index (χ2v) is 6.23. The molecule has 1 aromatic carbocycles. The summed E-state index contributed by atoms with van der Waals surface area (Å²) in [5.41, 5.74) is 8.51. The van der Waals surface area contributed by atoms with Gasteiger partial charge in [0.05, 0.1) is 12.6 Å². The number of hydrogen-bond acceptors (Lipinski definition) is 4. The van der Waals surface area contributed by atoms with Crippen LogP contribution in [0.5, 0.6) is 0 Å². The maximum absolute atomic E-state index is 6.13. The Hall–Kier alpha value is -1.81. The molecule has 20 heavy (non-hydrogen) atoms. The number of benzene rings is 1. The third-order valence-corrected chi connectivity index (χ3v) is 5.05. The van der Waals surface area contributed by atoms with Crippen molar-refractivity contribution in [2.75, 3.05) is 11.4 Å². The fourth-order valence-corrected chi connectivity index (χ4v) is 3.64. The number of thiophene rings is 1. The van der Waals surface area contributed by atoms with Crippen molar-refractivity contribution in [3.63, 3.8) is 0 Å². The quantitative estimate of drug-likeness (QED) is 0.938. The Morgan fingerprint density at radius 2 is 2.10 bits per heavy atom. The Morgan fingerprint density at radius 3 is 2.80 bits per heavy atom. The SMILES string of the molecule is CCc1ccc(C2CN=C(N)N2c2ccccc2C)s1. The number of nitrogens with two attached hydrogens (primary N) is 1. The predicted molar refractivity (Wildman–Crippen MR) is 86.6 cm³/mol. The van der Waals surface area contributed by atoms with Gasteiger partial charge in [-0.05, 0) is 37.1 Å². The van der Waals surface area contributed by atoms with Gasteiger partial charge in [0.1, 0.15) is 0 Å². The summed E-state index contributed by atoms with van der Waals surface area (Å²) in [5, 5.41) is 0. The highest BCUT2D eigenvalue weighted by Crippen LogP contribution is 2.36. The fourth-order valence-electron chi connectivity index (χ4n) is 2.60. The second-order valence-electron chi connectivity index (χ2n) is 5.03. The third kappa shape index (κ3) is 2.20. The first-order chi connectivity index (χ1) is 9.70. The minimum atomic E-state index is 0.237. The van der Waals surface area contributed by atoms with Crippen LogP contribution in [0.25, 0.3) is 0 Å². The van der Waals surface area contributed by atoms with Gasteiger partial charge in [-0.1, -0.05) is 25.1 Å². The van der Waals surface area contributed by atoms with E-state index in [0.717, 1.165) is 18.7 Å². The Labute approximate surface area is 123 Å². The van der Waals surface area contributed by atoms with Crippen LogP contribution in [-0.2, 0) is 6.42 Å². The minimum Gasteiger partial charge on any atom is -0.369 e. The number of aryl methyl sites for hydroxylation is 2. The molecule has 0 spiro atoms. The van der Waals surface area contributed by atoms with Crippen LogP contribution in [0.2, 0.25) is 0 Å². The average molecular weight is 285 g/mol. The van der Waals surface area contributed by atoms with E-state index in [4.69, 9.17) is 5.73 Å². The molecule has 0 bridgehead atoms. The molecule has 0 aliphatic carbocycles. The molecule has 1 aliphatic heterocycles. The standard InChI is InChI=1S/C16H19N3S/c1-3-12-8-9-15(20-12)14-10-18-16(17)19(14)13-7-5-4-6-11(13)2/h4-9,14H,3,10H2,1-2H3,(H2,17,18). The number of hydrogen-bond donors (Lipinski definition) is 1. The van der Waals surface area contributed by atoms with E-state index in [1.54, 1.807) is 0 Å². The van der Waals surface area contributed by atoms with Gasteiger partial charge in [0, 0.05) is 15.4 Å². The van der Waals surface area contributed by atoms with Gasteiger partial charge in [0.15, 0.2) is 5.96 Å². The van der Waals surface area contributed by atoms with Crippen molar-refractivity contribution in [1.82, 2.24) is 0 Å². The summed E-state index contributed by atoms with van der Waals surface area (Å²) in [4.78, 5) is 9.38. The van der Waals surface area contributed by atoms with Crippen molar-refractivity contribution < 1.29 is 0 Å². The lowest BCUT2D eigenvalue weighted by molar-refractivity contribution is 0.783. The van der Waals surface area contributed by atoms with Gasteiger partial charge in [-0.2, -0.15) is 0 Å². The van der Waals surface area contributed by atoms with Gasteiger partial charge < -0.3 is 10.6 Å². The highest BCUT2D eigenvalue weighted by molar-refractivity contribution is 7.12. The first-order valence-corrected chi connectivity index (χ1v) is 7.75. The van der Waals surface area contributed by atoms with E-state index in [-0.39, 0.29) is 6.04 Å². The molecular weight excluding hydrogens is 266 g/mol. The van der Waals surface area contributed by atoms with Crippen LogP contribution >= 0.6 is 11.3 Å². The number of rotatable bonds is 3. The molecule has 0 saturated heterocycles. The number of guanidine groups is 1. The zero-order valence-electron chi connectivity index (χ0n) is 11.8. The van der Waals surface area contributed by atoms with Crippen LogP contribution in [0.1, 0.15) is 28.3 Å². The Bertz CT molecular complexity index is 645. The molecule has 2 aromatic rings. The fraction of sp³-hybridized carbons (Fsp3) is 0.312. The second kappa shape index (κ2) is 5.29. The van der Waals surface area contributed by atoms with Crippen LogP contribution in [0.4, 0.5) is 5.69 Å². The molecule has 1 aromatic heterocycles. The van der Waals surface area contributed by atoms with Crippen LogP contribution in [0, 0.1) is 6.92 Å². The van der Waals surface area contributed by atoms with E-state index in [9.17, 15) is 0 Å². The largest absolute Gasteiger partial charge is 0.369 e. The molecule has 1 atom stereocenters. The molecular formula is C16H19N3S. The van der Waals surface area contributed by atoms with Gasteiger partial charge in [-0.15, -0.1) is 11.3 Å². The highest BCUT2D eigenvalue weighted by Gasteiger charge is 2.30. The third-order valence-electron chi connectivity index (χ3n) is 3.72. The number of nitrogens with zero attached hydrogens (tertiary/aromatic N) is 2. The highest BCUT2D eigenvalue weighted by atomic mass is 32.1. The van der Waals surface area contributed by atoms with E-state index in [1.807, 2.05) is 11.3 Å². The topological polar surface area (TPSA) is 41.6 Å². The van der Waals surface area contributed by atoms with Crippen molar-refractivity contribution in [2.24, 2.45) is 10.7 Å². The molecule has 0 amide bonds. The molecule has 1 unspecified atom stereocenters. The van der Waals surface area contributed by atoms with Gasteiger partial charge in [-0.3, -0.25) is 4.99 Å². The molecule has 104 valence electrons. The molecule has 0 fully saturated rings. The van der Waals surface area contributed by atoms with Crippen LogP contribution < -0.4 is 10.6 Å². The summed E-state index contributed by atoms with van der Waals surface area (Å²) in [6.45, 7) is 5.04. The van der Waals surface area contributed by atoms with Crippen LogP contribution in [0.15, 0.2) is 41.4 Å². The molecule has 2 N–H and O–H groups in total. The zero-order valence-corrected chi connectivity index (χ0v) is 12.7. The van der Waals surface area contributed by atoms with Crippen molar-refractivity contribution in [3.05, 3.63) is 51.7 Å². The Balaban J connectivity index is 1.98. The molecule has 3 nitrogen and oxygen atoms in total. The van der Waals surface area contributed by atoms with E-state index in [0.29, 0.717) is 5.96 Å². The van der Waals surface area contributed by atoms with E-state index < -0.39 is 0 Å². The van der Waals surface area contributed by atoms with E-state index >= 15 is 0 Å². The molecule has 1 aliphatic rings. The maximum Gasteiger partial charge on any atom is 0.196 e. The van der Waals surface area contributed by atoms with Gasteiger partial charge in [-0.25, -0.2) is 0 Å². The summed E-state index contributed by atoms with van der Waals surface area (Å²) in [7, 11) is 0. The van der Waals surface area contributed by atoms with Crippen molar-refractivity contribution in [2.45, 2.75) is 26.3 Å². The number of para-hydroxylation sites is 1. The lowest BCUT2D eigenvalue weighted by atomic mass is 10.1. The van der Waals surface area contributed by atoms with Gasteiger partial charge in [0.25, 0.3) is 0 Å². The Morgan fingerprint density at radius 1 is 1.30 bits per heavy atom. The predicted octanol–water partition coefficient (Wildman–Crippen LogP) is 3.49. The van der Waals surface area contributed by atoms with E-state index in [2.05, 4.69) is 60.1 Å². The number of aliphatic imine (C=N–C) groups is 1. The lowest BCUT2D eigenvalue weighted by Gasteiger charge is -2.27. The minimum absolute atomic E-state index is 0.237. The summed E-state index contributed by atoms with van der Waals surface area (Å²) >= 11 is 1.87. The molecule has 4 heteroatoms. The van der Waals surface area contributed by atoms with Crippen LogP contribution in [-0.4, -0.2) is 12.5 Å². The average Bonchev–Trinajstić information content (AvgIpc) is 3.06. The maximum atomic E-state index is 6.13. The lowest BCUT2D eigenvalue weighted by Crippen LogP contribution is -2.36. The molecule has 0 saturated carbocycles. The summed E-state index contributed by atoms with van der Waals surface area (Å²) < 4.78 is 0. The van der Waals surface area contributed by atoms with Crippen molar-refractivity contribution in [1.29, 1.82) is 0 Å². The molecule has 0 radical (unpaired) electrons.